The number of halogens is 3. The Kier molecular flexibility index (Phi) is 8.15. The molecule has 0 unspecified atom stereocenters. The van der Waals surface area contributed by atoms with Gasteiger partial charge in [0.15, 0.2) is 0 Å². The number of nitrogens with zero attached hydrogens (tertiary/aromatic N) is 1. The summed E-state index contributed by atoms with van der Waals surface area (Å²) >= 11 is 11.8. The summed E-state index contributed by atoms with van der Waals surface area (Å²) in [6.07, 6.45) is 3.64. The number of aromatic carboxylic acids is 1. The van der Waals surface area contributed by atoms with Crippen molar-refractivity contribution in [2.75, 3.05) is 6.54 Å². The summed E-state index contributed by atoms with van der Waals surface area (Å²) in [7, 11) is 0. The van der Waals surface area contributed by atoms with E-state index in [-0.39, 0.29) is 29.2 Å². The molecule has 1 aliphatic rings. The molecule has 2 atom stereocenters. The first-order valence-electron chi connectivity index (χ1n) is 10.1. The van der Waals surface area contributed by atoms with Gasteiger partial charge < -0.3 is 15.5 Å². The van der Waals surface area contributed by atoms with Crippen molar-refractivity contribution in [3.05, 3.63) is 87.2 Å². The van der Waals surface area contributed by atoms with Crippen molar-refractivity contribution >= 4 is 41.6 Å². The Balaban J connectivity index is 0.00000289. The number of aromatic nitrogens is 1. The van der Waals surface area contributed by atoms with Gasteiger partial charge in [-0.15, -0.1) is 12.4 Å². The van der Waals surface area contributed by atoms with Crippen LogP contribution in [0.25, 0.3) is 11.1 Å². The summed E-state index contributed by atoms with van der Waals surface area (Å²) in [5, 5.41) is 23.6. The zero-order valence-corrected chi connectivity index (χ0v) is 19.4. The van der Waals surface area contributed by atoms with Gasteiger partial charge in [-0.05, 0) is 59.7 Å². The normalized spacial score (nSPS) is 16.0. The zero-order chi connectivity index (χ0) is 22.0. The Morgan fingerprint density at radius 2 is 1.81 bits per heavy atom. The first kappa shape index (κ1) is 24.5. The molecule has 1 heterocycles. The van der Waals surface area contributed by atoms with Crippen molar-refractivity contribution < 1.29 is 15.0 Å². The number of carboxylic acids is 1. The standard InChI is InChI=1S/C24H22Cl2N2O3.ClH/c25-21-11-19(12-28-23(21)26)22(29)13-27-20-8-7-15-3-6-17(9-18(15)10-20)14-1-4-16(5-2-14)24(30)31;/h1-6,9,11-12,20,22,27,29H,7-8,10,13H2,(H,30,31);1H/t20-,22+;/m0./s1. The minimum Gasteiger partial charge on any atom is -0.478 e. The minimum atomic E-state index is -0.926. The fourth-order valence-corrected chi connectivity index (χ4v) is 4.21. The number of benzene rings is 2. The van der Waals surface area contributed by atoms with E-state index in [1.807, 2.05) is 12.1 Å². The lowest BCUT2D eigenvalue weighted by atomic mass is 9.86. The Labute approximate surface area is 202 Å². The molecule has 3 aromatic rings. The number of fused-ring (bicyclic) bond motifs is 1. The van der Waals surface area contributed by atoms with Gasteiger partial charge >= 0.3 is 5.97 Å². The van der Waals surface area contributed by atoms with Gasteiger partial charge in [-0.3, -0.25) is 0 Å². The van der Waals surface area contributed by atoms with Crippen LogP contribution in [-0.4, -0.2) is 33.8 Å². The van der Waals surface area contributed by atoms with Crippen molar-refractivity contribution in [2.24, 2.45) is 0 Å². The molecule has 5 nitrogen and oxygen atoms in total. The van der Waals surface area contributed by atoms with Crippen LogP contribution in [-0.2, 0) is 12.8 Å². The molecule has 0 spiro atoms. The largest absolute Gasteiger partial charge is 0.478 e. The average Bonchev–Trinajstić information content (AvgIpc) is 2.78. The summed E-state index contributed by atoms with van der Waals surface area (Å²) in [5.74, 6) is -0.926. The van der Waals surface area contributed by atoms with E-state index in [1.54, 1.807) is 24.4 Å². The average molecular weight is 494 g/mol. The minimum absolute atomic E-state index is 0. The third kappa shape index (κ3) is 5.61. The van der Waals surface area contributed by atoms with Crippen molar-refractivity contribution in [3.8, 4) is 11.1 Å². The van der Waals surface area contributed by atoms with Gasteiger partial charge in [-0.2, -0.15) is 0 Å². The quantitative estimate of drug-likeness (QED) is 0.403. The van der Waals surface area contributed by atoms with Gasteiger partial charge in [0.25, 0.3) is 0 Å². The van der Waals surface area contributed by atoms with E-state index in [9.17, 15) is 9.90 Å². The molecule has 8 heteroatoms. The lowest BCUT2D eigenvalue weighted by molar-refractivity contribution is 0.0697. The predicted molar refractivity (Wildman–Crippen MR) is 129 cm³/mol. The third-order valence-corrected chi connectivity index (χ3v) is 6.39. The maximum Gasteiger partial charge on any atom is 0.335 e. The molecule has 0 amide bonds. The number of aliphatic hydroxyl groups is 1. The molecule has 4 rings (SSSR count). The van der Waals surface area contributed by atoms with Crippen molar-refractivity contribution in [1.29, 1.82) is 0 Å². The molecule has 1 aliphatic carbocycles. The molecular formula is C24H23Cl3N2O3. The second-order valence-electron chi connectivity index (χ2n) is 7.77. The number of nitrogens with one attached hydrogen (secondary N) is 1. The SMILES string of the molecule is Cl.O=C(O)c1ccc(-c2ccc3c(c2)C[C@@H](NC[C@@H](O)c2cnc(Cl)c(Cl)c2)CC3)cc1. The van der Waals surface area contributed by atoms with E-state index in [2.05, 4.69) is 28.5 Å². The lowest BCUT2D eigenvalue weighted by Gasteiger charge is -2.27. The van der Waals surface area contributed by atoms with Gasteiger partial charge in [0.2, 0.25) is 0 Å². The maximum absolute atomic E-state index is 11.1. The number of hydrogen-bond donors (Lipinski definition) is 3. The van der Waals surface area contributed by atoms with Crippen molar-refractivity contribution in [3.63, 3.8) is 0 Å². The molecule has 0 radical (unpaired) electrons. The van der Waals surface area contributed by atoms with E-state index in [0.717, 1.165) is 30.4 Å². The molecule has 168 valence electrons. The van der Waals surface area contributed by atoms with Crippen LogP contribution in [0.4, 0.5) is 0 Å². The Hall–Kier alpha value is -2.15. The Morgan fingerprint density at radius 1 is 1.09 bits per heavy atom. The number of pyridine rings is 1. The fraction of sp³-hybridized carbons (Fsp3) is 0.250. The lowest BCUT2D eigenvalue weighted by Crippen LogP contribution is -2.37. The van der Waals surface area contributed by atoms with Gasteiger partial charge in [-0.1, -0.05) is 53.5 Å². The van der Waals surface area contributed by atoms with Crippen molar-refractivity contribution in [1.82, 2.24) is 10.3 Å². The second kappa shape index (κ2) is 10.6. The first-order chi connectivity index (χ1) is 14.9. The topological polar surface area (TPSA) is 82.5 Å². The maximum atomic E-state index is 11.1. The number of aliphatic hydroxyl groups excluding tert-OH is 1. The van der Waals surface area contributed by atoms with Crippen LogP contribution in [0.5, 0.6) is 0 Å². The summed E-state index contributed by atoms with van der Waals surface area (Å²) in [6.45, 7) is 0.399. The molecule has 2 aromatic carbocycles. The molecule has 0 bridgehead atoms. The number of rotatable bonds is 6. The molecular weight excluding hydrogens is 471 g/mol. The molecule has 32 heavy (non-hydrogen) atoms. The first-order valence-corrected chi connectivity index (χ1v) is 10.8. The van der Waals surface area contributed by atoms with E-state index < -0.39 is 12.1 Å². The highest BCUT2D eigenvalue weighted by atomic mass is 35.5. The van der Waals surface area contributed by atoms with Crippen molar-refractivity contribution in [2.45, 2.75) is 31.4 Å². The summed E-state index contributed by atoms with van der Waals surface area (Å²) in [6, 6.07) is 15.2. The number of aryl methyl sites for hydroxylation is 1. The van der Waals surface area contributed by atoms with Gasteiger partial charge in [0.05, 0.1) is 16.7 Å². The molecule has 0 fully saturated rings. The van der Waals surface area contributed by atoms with Crippen LogP contribution in [0.2, 0.25) is 10.2 Å². The van der Waals surface area contributed by atoms with Crippen LogP contribution in [0.3, 0.4) is 0 Å². The summed E-state index contributed by atoms with van der Waals surface area (Å²) in [4.78, 5) is 15.1. The highest BCUT2D eigenvalue weighted by Crippen LogP contribution is 2.28. The molecule has 0 aliphatic heterocycles. The van der Waals surface area contributed by atoms with E-state index in [0.29, 0.717) is 17.1 Å². The number of carboxylic acid groups (broad SMARTS) is 1. The predicted octanol–water partition coefficient (Wildman–Crippen LogP) is 5.36. The van der Waals surface area contributed by atoms with Gasteiger partial charge in [0, 0.05) is 24.3 Å². The number of hydrogen-bond acceptors (Lipinski definition) is 4. The molecule has 0 saturated carbocycles. The monoisotopic (exact) mass is 492 g/mol. The van der Waals surface area contributed by atoms with Crippen LogP contribution < -0.4 is 5.32 Å². The summed E-state index contributed by atoms with van der Waals surface area (Å²) in [5.41, 5.74) is 5.57. The Bertz CT molecular complexity index is 1110. The smallest absolute Gasteiger partial charge is 0.335 e. The highest BCUT2D eigenvalue weighted by molar-refractivity contribution is 6.41. The summed E-state index contributed by atoms with van der Waals surface area (Å²) < 4.78 is 0. The van der Waals surface area contributed by atoms with Gasteiger partial charge in [-0.25, -0.2) is 9.78 Å². The van der Waals surface area contributed by atoms with Crippen LogP contribution >= 0.6 is 35.6 Å². The number of carbonyl (C=O) groups is 1. The second-order valence-corrected chi connectivity index (χ2v) is 8.54. The highest BCUT2D eigenvalue weighted by Gasteiger charge is 2.20. The van der Waals surface area contributed by atoms with E-state index >= 15 is 0 Å². The van der Waals surface area contributed by atoms with Crippen LogP contribution in [0, 0.1) is 0 Å². The molecule has 0 saturated heterocycles. The molecule has 3 N–H and O–H groups in total. The van der Waals surface area contributed by atoms with Crippen LogP contribution in [0.15, 0.2) is 54.7 Å². The van der Waals surface area contributed by atoms with Crippen LogP contribution in [0.1, 0.15) is 39.6 Å². The Morgan fingerprint density at radius 3 is 2.50 bits per heavy atom. The van der Waals surface area contributed by atoms with E-state index in [4.69, 9.17) is 28.3 Å². The fourth-order valence-electron chi connectivity index (χ4n) is 3.93. The van der Waals surface area contributed by atoms with E-state index in [1.165, 1.54) is 11.1 Å². The third-order valence-electron chi connectivity index (χ3n) is 5.70. The molecule has 1 aromatic heterocycles. The zero-order valence-electron chi connectivity index (χ0n) is 17.1. The van der Waals surface area contributed by atoms with Gasteiger partial charge in [0.1, 0.15) is 5.15 Å².